The van der Waals surface area contributed by atoms with E-state index in [-0.39, 0.29) is 0 Å². The van der Waals surface area contributed by atoms with Gasteiger partial charge in [0.15, 0.2) is 0 Å². The van der Waals surface area contributed by atoms with Crippen LogP contribution in [0.2, 0.25) is 0 Å². The molecule has 0 unspecified atom stereocenters. The first-order valence-electron chi connectivity index (χ1n) is 6.12. The fourth-order valence-electron chi connectivity index (χ4n) is 1.58. The number of nitrogens with zero attached hydrogens (tertiary/aromatic N) is 1. The van der Waals surface area contributed by atoms with Crippen molar-refractivity contribution in [3.63, 3.8) is 0 Å². The third-order valence-electron chi connectivity index (χ3n) is 2.03. The van der Waals surface area contributed by atoms with Crippen molar-refractivity contribution in [1.82, 2.24) is 4.57 Å². The molecule has 0 aromatic heterocycles. The second kappa shape index (κ2) is 9.33. The number of rotatable bonds is 9. The molecule has 4 heteroatoms. The summed E-state index contributed by atoms with van der Waals surface area (Å²) in [6, 6.07) is 0. The van der Waals surface area contributed by atoms with E-state index >= 15 is 0 Å². The second-order valence-electron chi connectivity index (χ2n) is 4.11. The van der Waals surface area contributed by atoms with E-state index < -0.39 is 9.45 Å². The van der Waals surface area contributed by atoms with Gasteiger partial charge in [0.25, 0.3) is 0 Å². The van der Waals surface area contributed by atoms with Crippen molar-refractivity contribution in [2.75, 3.05) is 26.3 Å². The molecular weight excluding hydrogens is 206 g/mol. The second-order valence-corrected chi connectivity index (χ2v) is 6.12. The van der Waals surface area contributed by atoms with Gasteiger partial charge in [-0.2, -0.15) is 0 Å². The van der Waals surface area contributed by atoms with Crippen molar-refractivity contribution in [3.8, 4) is 0 Å². The van der Waals surface area contributed by atoms with Gasteiger partial charge in [0.2, 0.25) is 0 Å². The Kier molecular flexibility index (Phi) is 9.39. The van der Waals surface area contributed by atoms with Crippen LogP contribution < -0.4 is 0 Å². The van der Waals surface area contributed by atoms with Gasteiger partial charge in [-0.3, -0.25) is 4.57 Å². The Morgan fingerprint density at radius 1 is 1.07 bits per heavy atom. The van der Waals surface area contributed by atoms with E-state index in [2.05, 4.69) is 25.3 Å². The third-order valence-corrected chi connectivity index (χ3v) is 4.33. The molecule has 0 aliphatic rings. The van der Waals surface area contributed by atoms with Crippen molar-refractivity contribution in [3.05, 3.63) is 0 Å². The Bertz CT molecular complexity index is 139. The first-order valence-corrected chi connectivity index (χ1v) is 7.58. The highest BCUT2D eigenvalue weighted by Crippen LogP contribution is 2.05. The molecule has 0 spiro atoms. The zero-order valence-electron chi connectivity index (χ0n) is 11.0. The highest BCUT2D eigenvalue weighted by molar-refractivity contribution is 6.41. The SMILES string of the molecule is CCCN(CC(C)C)[SiH](OCC)OCC. The monoisotopic (exact) mass is 233 g/mol. The van der Waals surface area contributed by atoms with Gasteiger partial charge >= 0.3 is 9.45 Å². The minimum absolute atomic E-state index is 0.674. The Morgan fingerprint density at radius 2 is 1.60 bits per heavy atom. The minimum Gasteiger partial charge on any atom is -0.385 e. The van der Waals surface area contributed by atoms with Crippen LogP contribution in [0.15, 0.2) is 0 Å². The average Bonchev–Trinajstić information content (AvgIpc) is 2.16. The fourth-order valence-corrected chi connectivity index (χ4v) is 3.73. The zero-order chi connectivity index (χ0) is 11.7. The molecular formula is C11H27NO2Si. The molecule has 0 rings (SSSR count). The maximum Gasteiger partial charge on any atom is 0.411 e. The Morgan fingerprint density at radius 3 is 1.93 bits per heavy atom. The molecule has 0 N–H and O–H groups in total. The van der Waals surface area contributed by atoms with Crippen LogP contribution in [-0.2, 0) is 8.85 Å². The predicted molar refractivity (Wildman–Crippen MR) is 67.1 cm³/mol. The van der Waals surface area contributed by atoms with Crippen molar-refractivity contribution < 1.29 is 8.85 Å². The van der Waals surface area contributed by atoms with Gasteiger partial charge in [-0.25, -0.2) is 0 Å². The molecule has 0 aliphatic heterocycles. The molecule has 0 fully saturated rings. The first-order chi connectivity index (χ1) is 7.15. The van der Waals surface area contributed by atoms with Crippen molar-refractivity contribution in [1.29, 1.82) is 0 Å². The highest BCUT2D eigenvalue weighted by Gasteiger charge is 2.22. The van der Waals surface area contributed by atoms with E-state index in [1.807, 2.05) is 13.8 Å². The van der Waals surface area contributed by atoms with Crippen LogP contribution >= 0.6 is 0 Å². The lowest BCUT2D eigenvalue weighted by atomic mass is 10.2. The lowest BCUT2D eigenvalue weighted by molar-refractivity contribution is 0.147. The van der Waals surface area contributed by atoms with Crippen molar-refractivity contribution in [2.45, 2.75) is 41.0 Å². The fraction of sp³-hybridized carbons (Fsp3) is 1.00. The highest BCUT2D eigenvalue weighted by atomic mass is 28.3. The van der Waals surface area contributed by atoms with Gasteiger partial charge in [-0.15, -0.1) is 0 Å². The van der Waals surface area contributed by atoms with Crippen molar-refractivity contribution in [2.24, 2.45) is 5.92 Å². The molecule has 0 atom stereocenters. The van der Waals surface area contributed by atoms with Gasteiger partial charge in [0.1, 0.15) is 0 Å². The van der Waals surface area contributed by atoms with Crippen molar-refractivity contribution >= 4 is 9.45 Å². The summed E-state index contributed by atoms with van der Waals surface area (Å²) in [6.07, 6.45) is 1.16. The summed E-state index contributed by atoms with van der Waals surface area (Å²) in [5, 5.41) is 0. The van der Waals surface area contributed by atoms with Crippen LogP contribution in [0.4, 0.5) is 0 Å². The standard InChI is InChI=1S/C11H27NO2Si/c1-6-9-12(10-11(4)5)15(13-7-2)14-8-3/h11,15H,6-10H2,1-5H3. The van der Waals surface area contributed by atoms with Gasteiger partial charge < -0.3 is 8.85 Å². The summed E-state index contributed by atoms with van der Waals surface area (Å²) in [7, 11) is -1.59. The van der Waals surface area contributed by atoms with Crippen LogP contribution in [0, 0.1) is 5.92 Å². The smallest absolute Gasteiger partial charge is 0.385 e. The van der Waals surface area contributed by atoms with E-state index in [0.29, 0.717) is 5.92 Å². The zero-order valence-corrected chi connectivity index (χ0v) is 12.1. The van der Waals surface area contributed by atoms with E-state index in [1.54, 1.807) is 0 Å². The average molecular weight is 233 g/mol. The summed E-state index contributed by atoms with van der Waals surface area (Å²) >= 11 is 0. The summed E-state index contributed by atoms with van der Waals surface area (Å²) in [5.74, 6) is 0.674. The molecule has 0 aliphatic carbocycles. The normalized spacial score (nSPS) is 12.0. The van der Waals surface area contributed by atoms with Gasteiger partial charge in [-0.1, -0.05) is 20.8 Å². The molecule has 0 radical (unpaired) electrons. The van der Waals surface area contributed by atoms with E-state index in [4.69, 9.17) is 8.85 Å². The van der Waals surface area contributed by atoms with Crippen LogP contribution in [0.3, 0.4) is 0 Å². The molecule has 0 saturated carbocycles. The van der Waals surface area contributed by atoms with Gasteiger partial charge in [0.05, 0.1) is 0 Å². The maximum atomic E-state index is 5.74. The van der Waals surface area contributed by atoms with E-state index in [9.17, 15) is 0 Å². The third kappa shape index (κ3) is 7.06. The largest absolute Gasteiger partial charge is 0.411 e. The molecule has 0 amide bonds. The van der Waals surface area contributed by atoms with Crippen LogP contribution in [0.25, 0.3) is 0 Å². The summed E-state index contributed by atoms with van der Waals surface area (Å²) in [4.78, 5) is 0. The van der Waals surface area contributed by atoms with Crippen LogP contribution in [0.5, 0.6) is 0 Å². The summed E-state index contributed by atoms with van der Waals surface area (Å²) in [5.41, 5.74) is 0. The van der Waals surface area contributed by atoms with Gasteiger partial charge in [-0.05, 0) is 39.3 Å². The first kappa shape index (κ1) is 15.1. The lowest BCUT2D eigenvalue weighted by Crippen LogP contribution is -2.46. The number of hydrogen-bond donors (Lipinski definition) is 0. The van der Waals surface area contributed by atoms with E-state index in [1.165, 1.54) is 0 Å². The molecule has 92 valence electrons. The molecule has 15 heavy (non-hydrogen) atoms. The van der Waals surface area contributed by atoms with Crippen LogP contribution in [0.1, 0.15) is 41.0 Å². The molecule has 0 aromatic rings. The quantitative estimate of drug-likeness (QED) is 0.570. The van der Waals surface area contributed by atoms with Crippen LogP contribution in [-0.4, -0.2) is 40.3 Å². The van der Waals surface area contributed by atoms with E-state index in [0.717, 1.165) is 32.7 Å². The summed E-state index contributed by atoms with van der Waals surface area (Å²) < 4.78 is 13.9. The Labute approximate surface area is 96.7 Å². The minimum atomic E-state index is -1.59. The Balaban J connectivity index is 4.22. The molecule has 0 bridgehead atoms. The lowest BCUT2D eigenvalue weighted by Gasteiger charge is -2.29. The molecule has 3 nitrogen and oxygen atoms in total. The molecule has 0 heterocycles. The predicted octanol–water partition coefficient (Wildman–Crippen LogP) is 2.14. The summed E-state index contributed by atoms with van der Waals surface area (Å²) in [6.45, 7) is 14.5. The molecule has 0 aromatic carbocycles. The maximum absolute atomic E-state index is 5.74. The molecule has 0 saturated heterocycles. The topological polar surface area (TPSA) is 21.7 Å². The Hall–Kier alpha value is 0.0969. The van der Waals surface area contributed by atoms with Gasteiger partial charge in [0, 0.05) is 13.2 Å². The number of hydrogen-bond acceptors (Lipinski definition) is 3.